The van der Waals surface area contributed by atoms with Gasteiger partial charge in [-0.25, -0.2) is 4.98 Å². The lowest BCUT2D eigenvalue weighted by Crippen LogP contribution is -2.55. The molecule has 130 valence electrons. The number of nitrogens with one attached hydrogen (secondary N) is 1. The van der Waals surface area contributed by atoms with Gasteiger partial charge in [-0.05, 0) is 31.2 Å². The number of likely N-dealkylation sites (N-methyl/N-ethyl adjacent to an activating group) is 1. The Kier molecular flexibility index (Phi) is 5.08. The van der Waals surface area contributed by atoms with Gasteiger partial charge in [0, 0.05) is 42.5 Å². The van der Waals surface area contributed by atoms with E-state index in [1.165, 1.54) is 9.80 Å². The molecule has 7 nitrogen and oxygen atoms in total. The smallest absolute Gasteiger partial charge is 0.312 e. The van der Waals surface area contributed by atoms with Gasteiger partial charge >= 0.3 is 11.8 Å². The highest BCUT2D eigenvalue weighted by atomic mass is 32.1. The Labute approximate surface area is 149 Å². The molecule has 1 aliphatic rings. The van der Waals surface area contributed by atoms with Crippen molar-refractivity contribution in [3.8, 4) is 10.6 Å². The van der Waals surface area contributed by atoms with Crippen LogP contribution < -0.4 is 5.32 Å². The zero-order valence-electron chi connectivity index (χ0n) is 13.8. The maximum atomic E-state index is 12.2. The topological polar surface area (TPSA) is 82.6 Å². The summed E-state index contributed by atoms with van der Waals surface area (Å²) < 4.78 is 0. The number of aromatic nitrogens is 1. The summed E-state index contributed by atoms with van der Waals surface area (Å²) in [5.74, 6) is -1.50. The number of nitrogens with zero attached hydrogens (tertiary/aromatic N) is 3. The number of anilines is 1. The fraction of sp³-hybridized carbons (Fsp3) is 0.294. The van der Waals surface area contributed by atoms with Crippen LogP contribution in [0.2, 0.25) is 0 Å². The molecule has 1 saturated heterocycles. The zero-order chi connectivity index (χ0) is 17.8. The van der Waals surface area contributed by atoms with Crippen LogP contribution in [0.1, 0.15) is 6.92 Å². The Hall–Kier alpha value is -2.74. The molecule has 1 aromatic carbocycles. The highest BCUT2D eigenvalue weighted by molar-refractivity contribution is 7.13. The van der Waals surface area contributed by atoms with Gasteiger partial charge in [0.05, 0.1) is 0 Å². The van der Waals surface area contributed by atoms with E-state index < -0.39 is 11.8 Å². The van der Waals surface area contributed by atoms with Crippen molar-refractivity contribution in [3.63, 3.8) is 0 Å². The molecule has 1 aliphatic heterocycles. The molecular formula is C17H18N4O3S. The number of benzene rings is 1. The zero-order valence-corrected chi connectivity index (χ0v) is 14.6. The third kappa shape index (κ3) is 3.85. The van der Waals surface area contributed by atoms with E-state index in [4.69, 9.17) is 0 Å². The van der Waals surface area contributed by atoms with Gasteiger partial charge in [-0.3, -0.25) is 14.4 Å². The summed E-state index contributed by atoms with van der Waals surface area (Å²) in [7, 11) is 0. The third-order valence-corrected chi connectivity index (χ3v) is 4.78. The van der Waals surface area contributed by atoms with Crippen LogP contribution in [0.4, 0.5) is 5.69 Å². The second-order valence-corrected chi connectivity index (χ2v) is 6.47. The summed E-state index contributed by atoms with van der Waals surface area (Å²) in [5, 5.41) is 5.56. The molecule has 1 aromatic heterocycles. The molecule has 1 N–H and O–H groups in total. The lowest BCUT2D eigenvalue weighted by atomic mass is 10.2. The molecule has 0 bridgehead atoms. The molecule has 8 heteroatoms. The van der Waals surface area contributed by atoms with Crippen molar-refractivity contribution in [1.29, 1.82) is 0 Å². The lowest BCUT2D eigenvalue weighted by Gasteiger charge is -2.32. The molecule has 0 aliphatic carbocycles. The monoisotopic (exact) mass is 358 g/mol. The van der Waals surface area contributed by atoms with E-state index in [0.717, 1.165) is 10.6 Å². The lowest BCUT2D eigenvalue weighted by molar-refractivity contribution is -0.156. The summed E-state index contributed by atoms with van der Waals surface area (Å²) in [6.45, 7) is 3.01. The molecule has 3 amide bonds. The molecule has 2 aromatic rings. The number of piperazine rings is 1. The number of carbonyl (C=O) groups is 3. The molecule has 0 unspecified atom stereocenters. The first-order valence-corrected chi connectivity index (χ1v) is 8.84. The fourth-order valence-electron chi connectivity index (χ4n) is 2.60. The minimum absolute atomic E-state index is 0.129. The van der Waals surface area contributed by atoms with E-state index in [1.54, 1.807) is 29.7 Å². The number of carbonyl (C=O) groups excluding carboxylic acids is 3. The summed E-state index contributed by atoms with van der Waals surface area (Å²) in [6.07, 6.45) is 1.74. The average Bonchev–Trinajstić information content (AvgIpc) is 3.14. The number of hydrogen-bond acceptors (Lipinski definition) is 5. The summed E-state index contributed by atoms with van der Waals surface area (Å²) >= 11 is 1.54. The van der Waals surface area contributed by atoms with E-state index in [2.05, 4.69) is 10.3 Å². The van der Waals surface area contributed by atoms with Crippen LogP contribution in [-0.2, 0) is 14.4 Å². The van der Waals surface area contributed by atoms with Gasteiger partial charge < -0.3 is 15.1 Å². The van der Waals surface area contributed by atoms with E-state index in [0.29, 0.717) is 25.3 Å². The fourth-order valence-corrected chi connectivity index (χ4v) is 3.25. The van der Waals surface area contributed by atoms with Crippen LogP contribution in [0.15, 0.2) is 35.8 Å². The van der Waals surface area contributed by atoms with Crippen LogP contribution in [-0.4, -0.2) is 58.7 Å². The van der Waals surface area contributed by atoms with Gasteiger partial charge in [0.25, 0.3) is 0 Å². The second-order valence-electron chi connectivity index (χ2n) is 5.57. The quantitative estimate of drug-likeness (QED) is 0.820. The first kappa shape index (κ1) is 17.1. The van der Waals surface area contributed by atoms with Gasteiger partial charge in [-0.2, -0.15) is 0 Å². The van der Waals surface area contributed by atoms with E-state index in [9.17, 15) is 14.4 Å². The van der Waals surface area contributed by atoms with Gasteiger partial charge in [-0.15, -0.1) is 11.3 Å². The highest BCUT2D eigenvalue weighted by Crippen LogP contribution is 2.23. The van der Waals surface area contributed by atoms with Crippen molar-refractivity contribution >= 4 is 34.7 Å². The first-order chi connectivity index (χ1) is 12.1. The molecule has 0 atom stereocenters. The van der Waals surface area contributed by atoms with Crippen molar-refractivity contribution in [3.05, 3.63) is 35.8 Å². The SMILES string of the molecule is CCN1CCN(CC(=O)Nc2ccc(-c3nccs3)cc2)C(=O)C1=O. The number of hydrogen-bond donors (Lipinski definition) is 1. The number of thiazole rings is 1. The Morgan fingerprint density at radius 3 is 2.48 bits per heavy atom. The first-order valence-electron chi connectivity index (χ1n) is 7.96. The predicted octanol–water partition coefficient (Wildman–Crippen LogP) is 1.44. The summed E-state index contributed by atoms with van der Waals surface area (Å²) in [5.41, 5.74) is 1.61. The maximum Gasteiger partial charge on any atom is 0.312 e. The predicted molar refractivity (Wildman–Crippen MR) is 95.0 cm³/mol. The Morgan fingerprint density at radius 2 is 1.84 bits per heavy atom. The molecule has 2 heterocycles. The van der Waals surface area contributed by atoms with Crippen molar-refractivity contribution < 1.29 is 14.4 Å². The van der Waals surface area contributed by atoms with Crippen molar-refractivity contribution in [2.24, 2.45) is 0 Å². The van der Waals surface area contributed by atoms with Crippen LogP contribution in [0, 0.1) is 0 Å². The third-order valence-electron chi connectivity index (χ3n) is 3.96. The number of rotatable bonds is 5. The van der Waals surface area contributed by atoms with Crippen LogP contribution in [0.25, 0.3) is 10.6 Å². The molecule has 1 fully saturated rings. The average molecular weight is 358 g/mol. The minimum Gasteiger partial charge on any atom is -0.333 e. The molecule has 0 saturated carbocycles. The van der Waals surface area contributed by atoms with Gasteiger partial charge in [-0.1, -0.05) is 0 Å². The van der Waals surface area contributed by atoms with E-state index >= 15 is 0 Å². The van der Waals surface area contributed by atoms with Gasteiger partial charge in [0.15, 0.2) is 0 Å². The van der Waals surface area contributed by atoms with Crippen LogP contribution in [0.5, 0.6) is 0 Å². The Balaban J connectivity index is 1.57. The molecule has 25 heavy (non-hydrogen) atoms. The van der Waals surface area contributed by atoms with Crippen molar-refractivity contribution in [1.82, 2.24) is 14.8 Å². The van der Waals surface area contributed by atoms with Crippen LogP contribution in [0.3, 0.4) is 0 Å². The largest absolute Gasteiger partial charge is 0.333 e. The molecular weight excluding hydrogens is 340 g/mol. The molecule has 0 spiro atoms. The second kappa shape index (κ2) is 7.43. The normalized spacial score (nSPS) is 14.8. The van der Waals surface area contributed by atoms with Gasteiger partial charge in [0.1, 0.15) is 11.6 Å². The van der Waals surface area contributed by atoms with Crippen LogP contribution >= 0.6 is 11.3 Å². The Bertz CT molecular complexity index is 774. The van der Waals surface area contributed by atoms with Crippen molar-refractivity contribution in [2.75, 3.05) is 31.5 Å². The highest BCUT2D eigenvalue weighted by Gasteiger charge is 2.32. The maximum absolute atomic E-state index is 12.2. The summed E-state index contributed by atoms with van der Waals surface area (Å²) in [4.78, 5) is 43.0. The molecule has 0 radical (unpaired) electrons. The van der Waals surface area contributed by atoms with Gasteiger partial charge in [0.2, 0.25) is 5.91 Å². The number of amides is 3. The van der Waals surface area contributed by atoms with E-state index in [-0.39, 0.29) is 12.5 Å². The van der Waals surface area contributed by atoms with E-state index in [1.807, 2.05) is 24.4 Å². The molecule has 3 rings (SSSR count). The standard InChI is InChI=1S/C17H18N4O3S/c1-2-20-8-9-21(17(24)16(20)23)11-14(22)19-13-5-3-12(4-6-13)15-18-7-10-25-15/h3-7,10H,2,8-9,11H2,1H3,(H,19,22). The minimum atomic E-state index is -0.623. The Morgan fingerprint density at radius 1 is 1.16 bits per heavy atom. The van der Waals surface area contributed by atoms with Crippen molar-refractivity contribution in [2.45, 2.75) is 6.92 Å². The summed E-state index contributed by atoms with van der Waals surface area (Å²) in [6, 6.07) is 7.33.